The van der Waals surface area contributed by atoms with E-state index >= 15 is 0 Å². The van der Waals surface area contributed by atoms with Crippen LogP contribution in [0.2, 0.25) is 0 Å². The Kier molecular flexibility index (Phi) is 5.50. The molecule has 1 amide bonds. The van der Waals surface area contributed by atoms with Gasteiger partial charge in [-0.05, 0) is 25.0 Å². The molecule has 0 atom stereocenters. The monoisotopic (exact) mass is 297 g/mol. The van der Waals surface area contributed by atoms with Gasteiger partial charge in [0.1, 0.15) is 5.69 Å². The SMILES string of the molecule is NNc1c(F)cc(C(=O)NC2CCCCCCC2)cc1F. The van der Waals surface area contributed by atoms with Crippen molar-refractivity contribution < 1.29 is 13.6 Å². The molecule has 0 aromatic heterocycles. The summed E-state index contributed by atoms with van der Waals surface area (Å²) < 4.78 is 27.2. The maximum Gasteiger partial charge on any atom is 0.251 e. The molecular formula is C15H21F2N3O. The van der Waals surface area contributed by atoms with Gasteiger partial charge >= 0.3 is 0 Å². The number of hydrogen-bond donors (Lipinski definition) is 3. The Morgan fingerprint density at radius 1 is 1.05 bits per heavy atom. The van der Waals surface area contributed by atoms with Gasteiger partial charge in [0.25, 0.3) is 5.91 Å². The van der Waals surface area contributed by atoms with E-state index < -0.39 is 23.2 Å². The summed E-state index contributed by atoms with van der Waals surface area (Å²) in [4.78, 5) is 12.1. The summed E-state index contributed by atoms with van der Waals surface area (Å²) in [6, 6.07) is 2.07. The number of hydrazine groups is 1. The van der Waals surface area contributed by atoms with Gasteiger partial charge < -0.3 is 10.7 Å². The number of nitrogens with one attached hydrogen (secondary N) is 2. The van der Waals surface area contributed by atoms with E-state index in [9.17, 15) is 13.6 Å². The number of nitrogens with two attached hydrogens (primary N) is 1. The summed E-state index contributed by atoms with van der Waals surface area (Å²) >= 11 is 0. The summed E-state index contributed by atoms with van der Waals surface area (Å²) in [6.45, 7) is 0. The summed E-state index contributed by atoms with van der Waals surface area (Å²) in [5.74, 6) is 2.84. The average molecular weight is 297 g/mol. The third kappa shape index (κ3) is 4.14. The predicted molar refractivity (Wildman–Crippen MR) is 77.7 cm³/mol. The first kappa shape index (κ1) is 15.7. The lowest BCUT2D eigenvalue weighted by atomic mass is 9.96. The number of rotatable bonds is 3. The molecule has 1 aliphatic carbocycles. The topological polar surface area (TPSA) is 67.1 Å². The van der Waals surface area contributed by atoms with Crippen molar-refractivity contribution in [2.75, 3.05) is 5.43 Å². The van der Waals surface area contributed by atoms with Crippen molar-refractivity contribution in [1.82, 2.24) is 5.32 Å². The van der Waals surface area contributed by atoms with Crippen LogP contribution < -0.4 is 16.6 Å². The van der Waals surface area contributed by atoms with E-state index in [1.54, 1.807) is 0 Å². The van der Waals surface area contributed by atoms with Crippen molar-refractivity contribution >= 4 is 11.6 Å². The average Bonchev–Trinajstić information content (AvgIpc) is 2.41. The highest BCUT2D eigenvalue weighted by atomic mass is 19.1. The number of carbonyl (C=O) groups is 1. The molecule has 6 heteroatoms. The largest absolute Gasteiger partial charge is 0.349 e. The molecule has 1 aromatic carbocycles. The Bertz CT molecular complexity index is 477. The molecule has 4 nitrogen and oxygen atoms in total. The van der Waals surface area contributed by atoms with Gasteiger partial charge in [-0.1, -0.05) is 32.1 Å². The minimum absolute atomic E-state index is 0.0222. The molecule has 0 aliphatic heterocycles. The highest BCUT2D eigenvalue weighted by Crippen LogP contribution is 2.21. The van der Waals surface area contributed by atoms with Gasteiger partial charge in [0.2, 0.25) is 0 Å². The highest BCUT2D eigenvalue weighted by Gasteiger charge is 2.18. The molecule has 0 radical (unpaired) electrons. The van der Waals surface area contributed by atoms with Crippen molar-refractivity contribution in [1.29, 1.82) is 0 Å². The first-order valence-electron chi connectivity index (χ1n) is 7.38. The van der Waals surface area contributed by atoms with Crippen LogP contribution in [0.4, 0.5) is 14.5 Å². The van der Waals surface area contributed by atoms with E-state index in [4.69, 9.17) is 5.84 Å². The zero-order valence-corrected chi connectivity index (χ0v) is 11.9. The van der Waals surface area contributed by atoms with E-state index in [2.05, 4.69) is 5.32 Å². The number of hydrogen-bond acceptors (Lipinski definition) is 3. The number of amides is 1. The maximum absolute atomic E-state index is 13.6. The van der Waals surface area contributed by atoms with Gasteiger partial charge in [-0.3, -0.25) is 10.6 Å². The molecule has 1 aromatic rings. The molecule has 0 spiro atoms. The smallest absolute Gasteiger partial charge is 0.251 e. The van der Waals surface area contributed by atoms with Crippen LogP contribution in [0.15, 0.2) is 12.1 Å². The normalized spacial score (nSPS) is 16.9. The summed E-state index contributed by atoms with van der Waals surface area (Å²) in [5.41, 5.74) is 1.49. The molecule has 21 heavy (non-hydrogen) atoms. The molecule has 1 saturated carbocycles. The van der Waals surface area contributed by atoms with Crippen molar-refractivity contribution in [2.45, 2.75) is 51.0 Å². The fourth-order valence-electron chi connectivity index (χ4n) is 2.71. The van der Waals surface area contributed by atoms with E-state index in [-0.39, 0.29) is 11.6 Å². The third-order valence-electron chi connectivity index (χ3n) is 3.89. The van der Waals surface area contributed by atoms with Crippen LogP contribution in [-0.4, -0.2) is 11.9 Å². The minimum Gasteiger partial charge on any atom is -0.349 e. The van der Waals surface area contributed by atoms with Crippen molar-refractivity contribution in [2.24, 2.45) is 5.84 Å². The molecule has 4 N–H and O–H groups in total. The fraction of sp³-hybridized carbons (Fsp3) is 0.533. The fourth-order valence-corrected chi connectivity index (χ4v) is 2.71. The van der Waals surface area contributed by atoms with Gasteiger partial charge in [-0.25, -0.2) is 8.78 Å². The molecule has 1 fully saturated rings. The van der Waals surface area contributed by atoms with E-state index in [0.717, 1.165) is 37.8 Å². The minimum atomic E-state index is -0.875. The van der Waals surface area contributed by atoms with Gasteiger partial charge in [0, 0.05) is 11.6 Å². The van der Waals surface area contributed by atoms with E-state index in [0.29, 0.717) is 0 Å². The van der Waals surface area contributed by atoms with Crippen molar-refractivity contribution in [3.63, 3.8) is 0 Å². The number of anilines is 1. The second-order valence-corrected chi connectivity index (χ2v) is 5.47. The first-order valence-corrected chi connectivity index (χ1v) is 7.38. The van der Waals surface area contributed by atoms with Crippen LogP contribution in [0, 0.1) is 11.6 Å². The van der Waals surface area contributed by atoms with Crippen LogP contribution in [0.5, 0.6) is 0 Å². The molecule has 0 heterocycles. The Labute approximate surface area is 123 Å². The summed E-state index contributed by atoms with van der Waals surface area (Å²) in [6.07, 6.45) is 7.56. The van der Waals surface area contributed by atoms with Gasteiger partial charge in [0.15, 0.2) is 11.6 Å². The molecular weight excluding hydrogens is 276 g/mol. The summed E-state index contributed by atoms with van der Waals surface area (Å²) in [5, 5.41) is 2.87. The van der Waals surface area contributed by atoms with Gasteiger partial charge in [0.05, 0.1) is 0 Å². The van der Waals surface area contributed by atoms with Crippen LogP contribution in [-0.2, 0) is 0 Å². The first-order chi connectivity index (χ1) is 10.1. The lowest BCUT2D eigenvalue weighted by Crippen LogP contribution is -2.35. The maximum atomic E-state index is 13.6. The summed E-state index contributed by atoms with van der Waals surface area (Å²) in [7, 11) is 0. The van der Waals surface area contributed by atoms with Crippen molar-refractivity contribution in [3.8, 4) is 0 Å². The van der Waals surface area contributed by atoms with Gasteiger partial charge in [-0.2, -0.15) is 0 Å². The van der Waals surface area contributed by atoms with Crippen LogP contribution in [0.25, 0.3) is 0 Å². The van der Waals surface area contributed by atoms with Crippen LogP contribution in [0.1, 0.15) is 55.3 Å². The number of benzene rings is 1. The molecule has 1 aliphatic rings. The molecule has 0 saturated heterocycles. The molecule has 0 bridgehead atoms. The molecule has 0 unspecified atom stereocenters. The zero-order valence-electron chi connectivity index (χ0n) is 11.9. The number of carbonyl (C=O) groups excluding carboxylic acids is 1. The number of halogens is 2. The second-order valence-electron chi connectivity index (χ2n) is 5.47. The highest BCUT2D eigenvalue weighted by molar-refractivity contribution is 5.94. The quantitative estimate of drug-likeness (QED) is 0.593. The third-order valence-corrected chi connectivity index (χ3v) is 3.89. The van der Waals surface area contributed by atoms with Crippen LogP contribution >= 0.6 is 0 Å². The Hall–Kier alpha value is -1.69. The Balaban J connectivity index is 2.05. The Morgan fingerprint density at radius 3 is 2.10 bits per heavy atom. The molecule has 116 valence electrons. The lowest BCUT2D eigenvalue weighted by Gasteiger charge is -2.21. The molecule has 2 rings (SSSR count). The lowest BCUT2D eigenvalue weighted by molar-refractivity contribution is 0.0929. The van der Waals surface area contributed by atoms with Gasteiger partial charge in [-0.15, -0.1) is 0 Å². The second kappa shape index (κ2) is 7.36. The zero-order chi connectivity index (χ0) is 15.2. The van der Waals surface area contributed by atoms with Crippen LogP contribution in [0.3, 0.4) is 0 Å². The Morgan fingerprint density at radius 2 is 1.57 bits per heavy atom. The van der Waals surface area contributed by atoms with E-state index in [1.165, 1.54) is 19.3 Å². The standard InChI is InChI=1S/C15H21F2N3O/c16-12-8-10(9-13(17)14(12)20-18)15(21)19-11-6-4-2-1-3-5-7-11/h8-9,11,20H,1-7,18H2,(H,19,21). The van der Waals surface area contributed by atoms with E-state index in [1.807, 2.05) is 5.43 Å². The van der Waals surface area contributed by atoms with Crippen molar-refractivity contribution in [3.05, 3.63) is 29.3 Å². The predicted octanol–water partition coefficient (Wildman–Crippen LogP) is 3.09. The number of nitrogen functional groups attached to an aromatic ring is 1.